The van der Waals surface area contributed by atoms with Gasteiger partial charge in [0.15, 0.2) is 5.76 Å². The number of allylic oxidation sites excluding steroid dienone is 3. The van der Waals surface area contributed by atoms with Gasteiger partial charge in [0.05, 0.1) is 26.2 Å². The van der Waals surface area contributed by atoms with Gasteiger partial charge < -0.3 is 15.0 Å². The Morgan fingerprint density at radius 2 is 2.29 bits per heavy atom. The Labute approximate surface area is 83.9 Å². The van der Waals surface area contributed by atoms with Crippen molar-refractivity contribution in [3.63, 3.8) is 0 Å². The van der Waals surface area contributed by atoms with Crippen LogP contribution in [-0.4, -0.2) is 19.9 Å². The lowest BCUT2D eigenvalue weighted by Crippen LogP contribution is -1.90. The predicted octanol–water partition coefficient (Wildman–Crippen LogP) is 2.20. The van der Waals surface area contributed by atoms with Crippen LogP contribution < -0.4 is 0 Å². The first kappa shape index (κ1) is 12.4. The average Bonchev–Trinajstić information content (AvgIpc) is 2.21. The van der Waals surface area contributed by atoms with Crippen LogP contribution in [0.5, 0.6) is 0 Å². The molecule has 0 fully saturated rings. The molecule has 0 saturated heterocycles. The van der Waals surface area contributed by atoms with E-state index >= 15 is 0 Å². The molecule has 0 radical (unpaired) electrons. The highest BCUT2D eigenvalue weighted by Gasteiger charge is 1.88. The molecule has 0 rings (SSSR count). The van der Waals surface area contributed by atoms with Crippen LogP contribution >= 0.6 is 0 Å². The van der Waals surface area contributed by atoms with Crippen LogP contribution in [0.25, 0.3) is 0 Å². The average molecular weight is 197 g/mol. The summed E-state index contributed by atoms with van der Waals surface area (Å²) in [6.45, 7) is 4.16. The predicted molar refractivity (Wildman–Crippen MR) is 54.9 cm³/mol. The zero-order valence-corrected chi connectivity index (χ0v) is 8.23. The van der Waals surface area contributed by atoms with Crippen LogP contribution in [0.1, 0.15) is 6.42 Å². The molecule has 14 heavy (non-hydrogen) atoms. The third-order valence-corrected chi connectivity index (χ3v) is 1.20. The van der Waals surface area contributed by atoms with Gasteiger partial charge in [0.1, 0.15) is 0 Å². The standard InChI is InChI=1S/C10H15NO3/c1-3-4-7-13-8-5-6-10(9-11)14-12-2/h3,5-6,8-9,11H,1,4,7H2,2H3/b8-5+,10-6+,11-9?. The molecule has 0 aromatic rings. The highest BCUT2D eigenvalue weighted by atomic mass is 17.2. The fourth-order valence-corrected chi connectivity index (χ4v) is 0.605. The maximum atomic E-state index is 6.92. The molecule has 78 valence electrons. The summed E-state index contributed by atoms with van der Waals surface area (Å²) in [6, 6.07) is 0. The molecule has 0 aromatic heterocycles. The van der Waals surface area contributed by atoms with E-state index in [1.54, 1.807) is 18.2 Å². The Hall–Kier alpha value is -1.55. The van der Waals surface area contributed by atoms with Crippen LogP contribution in [0, 0.1) is 5.41 Å². The SMILES string of the molecule is C=CCCO/C=C/C=C(\C=N)OOC. The molecule has 0 saturated carbocycles. The molecule has 1 N–H and O–H groups in total. The first-order valence-corrected chi connectivity index (χ1v) is 4.15. The first-order chi connectivity index (χ1) is 6.85. The van der Waals surface area contributed by atoms with Crippen LogP contribution in [0.4, 0.5) is 0 Å². The molecule has 0 aliphatic heterocycles. The van der Waals surface area contributed by atoms with Crippen molar-refractivity contribution in [2.45, 2.75) is 6.42 Å². The Balaban J connectivity index is 3.73. The minimum Gasteiger partial charge on any atom is -0.501 e. The van der Waals surface area contributed by atoms with Gasteiger partial charge in [-0.15, -0.1) is 6.58 Å². The lowest BCUT2D eigenvalue weighted by atomic mass is 10.4. The van der Waals surface area contributed by atoms with Crippen LogP contribution in [0.3, 0.4) is 0 Å². The Bertz CT molecular complexity index is 221. The smallest absolute Gasteiger partial charge is 0.182 e. The van der Waals surface area contributed by atoms with E-state index in [1.807, 2.05) is 0 Å². The summed E-state index contributed by atoms with van der Waals surface area (Å²) in [7, 11) is 1.38. The van der Waals surface area contributed by atoms with Crippen molar-refractivity contribution in [1.29, 1.82) is 5.41 Å². The van der Waals surface area contributed by atoms with Crippen molar-refractivity contribution in [2.24, 2.45) is 0 Å². The Morgan fingerprint density at radius 3 is 2.86 bits per heavy atom. The molecule has 0 amide bonds. The molecule has 0 unspecified atom stereocenters. The Kier molecular flexibility index (Phi) is 8.48. The van der Waals surface area contributed by atoms with Gasteiger partial charge >= 0.3 is 0 Å². The molecule has 0 aliphatic rings. The van der Waals surface area contributed by atoms with E-state index in [0.29, 0.717) is 12.4 Å². The van der Waals surface area contributed by atoms with E-state index in [0.717, 1.165) is 12.6 Å². The maximum Gasteiger partial charge on any atom is 0.182 e. The second-order valence-electron chi connectivity index (χ2n) is 2.24. The fourth-order valence-electron chi connectivity index (χ4n) is 0.605. The van der Waals surface area contributed by atoms with Crippen LogP contribution in [0.2, 0.25) is 0 Å². The summed E-state index contributed by atoms with van der Waals surface area (Å²) in [6.07, 6.45) is 8.33. The second kappa shape index (κ2) is 9.54. The van der Waals surface area contributed by atoms with Gasteiger partial charge in [-0.2, -0.15) is 4.89 Å². The van der Waals surface area contributed by atoms with Gasteiger partial charge in [0.2, 0.25) is 0 Å². The van der Waals surface area contributed by atoms with Crippen molar-refractivity contribution in [3.8, 4) is 0 Å². The minimum absolute atomic E-state index is 0.302. The summed E-state index contributed by atoms with van der Waals surface area (Å²) in [5.74, 6) is 0.302. The van der Waals surface area contributed by atoms with E-state index in [2.05, 4.69) is 16.4 Å². The third kappa shape index (κ3) is 7.12. The van der Waals surface area contributed by atoms with E-state index in [-0.39, 0.29) is 0 Å². The van der Waals surface area contributed by atoms with E-state index in [4.69, 9.17) is 10.1 Å². The van der Waals surface area contributed by atoms with Crippen molar-refractivity contribution in [1.82, 2.24) is 0 Å². The third-order valence-electron chi connectivity index (χ3n) is 1.20. The number of hydrogen-bond acceptors (Lipinski definition) is 4. The number of nitrogens with one attached hydrogen (secondary N) is 1. The van der Waals surface area contributed by atoms with Crippen molar-refractivity contribution in [3.05, 3.63) is 36.8 Å². The molecule has 0 aromatic carbocycles. The van der Waals surface area contributed by atoms with E-state index in [1.165, 1.54) is 13.4 Å². The van der Waals surface area contributed by atoms with Crippen molar-refractivity contribution < 1.29 is 14.5 Å². The Morgan fingerprint density at radius 1 is 1.50 bits per heavy atom. The molecule has 0 spiro atoms. The monoisotopic (exact) mass is 197 g/mol. The number of hydrogen-bond donors (Lipinski definition) is 1. The summed E-state index contributed by atoms with van der Waals surface area (Å²) in [5.41, 5.74) is 0. The summed E-state index contributed by atoms with van der Waals surface area (Å²) in [5, 5.41) is 6.92. The van der Waals surface area contributed by atoms with Gasteiger partial charge in [-0.05, 0) is 18.6 Å². The highest BCUT2D eigenvalue weighted by molar-refractivity contribution is 5.73. The van der Waals surface area contributed by atoms with Gasteiger partial charge in [0, 0.05) is 0 Å². The second-order valence-corrected chi connectivity index (χ2v) is 2.24. The summed E-state index contributed by atoms with van der Waals surface area (Å²) in [4.78, 5) is 9.00. The molecule has 0 bridgehead atoms. The van der Waals surface area contributed by atoms with Gasteiger partial charge in [-0.1, -0.05) is 6.08 Å². The highest BCUT2D eigenvalue weighted by Crippen LogP contribution is 1.94. The zero-order valence-electron chi connectivity index (χ0n) is 8.23. The molecule has 0 atom stereocenters. The van der Waals surface area contributed by atoms with Gasteiger partial charge in [0.25, 0.3) is 0 Å². The number of ether oxygens (including phenoxy) is 1. The van der Waals surface area contributed by atoms with Gasteiger partial charge in [-0.25, -0.2) is 0 Å². The normalized spacial score (nSPS) is 11.4. The molecular weight excluding hydrogens is 182 g/mol. The maximum absolute atomic E-state index is 6.92. The minimum atomic E-state index is 0.302. The molecular formula is C10H15NO3. The molecule has 0 aliphatic carbocycles. The van der Waals surface area contributed by atoms with E-state index in [9.17, 15) is 0 Å². The summed E-state index contributed by atoms with van der Waals surface area (Å²) >= 11 is 0. The van der Waals surface area contributed by atoms with Crippen LogP contribution in [-0.2, 0) is 14.5 Å². The fraction of sp³-hybridized carbons (Fsp3) is 0.300. The molecule has 0 heterocycles. The van der Waals surface area contributed by atoms with Crippen LogP contribution in [0.15, 0.2) is 36.8 Å². The lowest BCUT2D eigenvalue weighted by Gasteiger charge is -1.98. The van der Waals surface area contributed by atoms with Crippen molar-refractivity contribution in [2.75, 3.05) is 13.7 Å². The largest absolute Gasteiger partial charge is 0.501 e. The van der Waals surface area contributed by atoms with Crippen molar-refractivity contribution >= 4 is 6.21 Å². The zero-order chi connectivity index (χ0) is 10.6. The molecule has 4 nitrogen and oxygen atoms in total. The first-order valence-electron chi connectivity index (χ1n) is 4.15. The molecule has 4 heteroatoms. The quantitative estimate of drug-likeness (QED) is 0.123. The summed E-state index contributed by atoms with van der Waals surface area (Å²) < 4.78 is 5.08. The lowest BCUT2D eigenvalue weighted by molar-refractivity contribution is -0.229. The number of rotatable bonds is 8. The van der Waals surface area contributed by atoms with Gasteiger partial charge in [-0.3, -0.25) is 0 Å². The van der Waals surface area contributed by atoms with E-state index < -0.39 is 0 Å². The topological polar surface area (TPSA) is 51.5 Å².